The number of nitrogens with zero attached hydrogens (tertiary/aromatic N) is 1. The van der Waals surface area contributed by atoms with Crippen molar-refractivity contribution in [3.8, 4) is 0 Å². The molecular formula is C17H24ClFN2. The van der Waals surface area contributed by atoms with Gasteiger partial charge in [0.25, 0.3) is 0 Å². The van der Waals surface area contributed by atoms with E-state index in [0.717, 1.165) is 18.3 Å². The summed E-state index contributed by atoms with van der Waals surface area (Å²) in [5.41, 5.74) is 1.32. The van der Waals surface area contributed by atoms with Crippen molar-refractivity contribution in [1.82, 2.24) is 4.90 Å². The van der Waals surface area contributed by atoms with Crippen molar-refractivity contribution in [2.45, 2.75) is 45.1 Å². The number of aryl methyl sites for hydroxylation is 1. The third kappa shape index (κ3) is 3.51. The largest absolute Gasteiger partial charge is 0.383 e. The van der Waals surface area contributed by atoms with Crippen LogP contribution in [0.3, 0.4) is 0 Å². The van der Waals surface area contributed by atoms with Crippen LogP contribution in [0.5, 0.6) is 0 Å². The number of nitrogens with one attached hydrogen (secondary N) is 1. The van der Waals surface area contributed by atoms with E-state index in [1.807, 2.05) is 0 Å². The number of hydrogen-bond acceptors (Lipinski definition) is 2. The van der Waals surface area contributed by atoms with Crippen LogP contribution in [0, 0.1) is 18.7 Å². The third-order valence-electron chi connectivity index (χ3n) is 5.05. The van der Waals surface area contributed by atoms with Crippen LogP contribution in [0.15, 0.2) is 12.1 Å². The zero-order valence-electron chi connectivity index (χ0n) is 12.7. The molecule has 1 aromatic carbocycles. The number of likely N-dealkylation sites (tertiary alicyclic amines) is 1. The second-order valence-corrected chi connectivity index (χ2v) is 6.93. The van der Waals surface area contributed by atoms with Gasteiger partial charge < -0.3 is 10.2 Å². The van der Waals surface area contributed by atoms with Crippen LogP contribution in [-0.4, -0.2) is 30.6 Å². The minimum absolute atomic E-state index is 0.191. The van der Waals surface area contributed by atoms with Crippen molar-refractivity contribution in [2.75, 3.05) is 25.0 Å². The van der Waals surface area contributed by atoms with E-state index in [1.54, 1.807) is 13.0 Å². The number of rotatable bonds is 4. The molecule has 1 aliphatic heterocycles. The molecule has 0 spiro atoms. The maximum absolute atomic E-state index is 13.6. The van der Waals surface area contributed by atoms with Crippen molar-refractivity contribution >= 4 is 17.3 Å². The summed E-state index contributed by atoms with van der Waals surface area (Å²) >= 11 is 6.17. The highest BCUT2D eigenvalue weighted by molar-refractivity contribution is 6.33. The molecule has 0 amide bonds. The molecule has 1 heterocycles. The van der Waals surface area contributed by atoms with Gasteiger partial charge in [-0.15, -0.1) is 0 Å². The lowest BCUT2D eigenvalue weighted by Crippen LogP contribution is -2.46. The molecule has 0 aromatic heterocycles. The summed E-state index contributed by atoms with van der Waals surface area (Å²) in [6.45, 7) is 5.23. The lowest BCUT2D eigenvalue weighted by atomic mass is 9.84. The Kier molecular flexibility index (Phi) is 4.70. The first kappa shape index (κ1) is 15.1. The summed E-state index contributed by atoms with van der Waals surface area (Å²) in [4.78, 5) is 2.62. The molecule has 1 aromatic rings. The van der Waals surface area contributed by atoms with Crippen molar-refractivity contribution in [3.05, 3.63) is 28.5 Å². The average Bonchev–Trinajstić information content (AvgIpc) is 2.41. The van der Waals surface area contributed by atoms with E-state index in [9.17, 15) is 4.39 Å². The second-order valence-electron chi connectivity index (χ2n) is 6.53. The fourth-order valence-corrected chi connectivity index (χ4v) is 3.74. The monoisotopic (exact) mass is 310 g/mol. The molecule has 116 valence electrons. The Labute approximate surface area is 131 Å². The predicted molar refractivity (Wildman–Crippen MR) is 86.6 cm³/mol. The Balaban J connectivity index is 1.48. The minimum atomic E-state index is -0.191. The molecule has 1 aliphatic carbocycles. The first-order valence-electron chi connectivity index (χ1n) is 8.07. The molecule has 0 unspecified atom stereocenters. The lowest BCUT2D eigenvalue weighted by molar-refractivity contribution is 0.0805. The quantitative estimate of drug-likeness (QED) is 0.883. The van der Waals surface area contributed by atoms with Gasteiger partial charge in [0.1, 0.15) is 5.82 Å². The Morgan fingerprint density at radius 1 is 1.24 bits per heavy atom. The zero-order valence-corrected chi connectivity index (χ0v) is 13.4. The van der Waals surface area contributed by atoms with Crippen LogP contribution >= 0.6 is 11.6 Å². The van der Waals surface area contributed by atoms with Crippen molar-refractivity contribution in [1.29, 1.82) is 0 Å². The van der Waals surface area contributed by atoms with E-state index < -0.39 is 0 Å². The van der Waals surface area contributed by atoms with Crippen LogP contribution in [0.25, 0.3) is 0 Å². The molecule has 1 saturated carbocycles. The maximum atomic E-state index is 13.6. The van der Waals surface area contributed by atoms with Crippen molar-refractivity contribution in [3.63, 3.8) is 0 Å². The lowest BCUT2D eigenvalue weighted by Gasteiger charge is -2.42. The third-order valence-corrected chi connectivity index (χ3v) is 5.37. The van der Waals surface area contributed by atoms with Crippen LogP contribution in [0.2, 0.25) is 5.02 Å². The fraction of sp³-hybridized carbons (Fsp3) is 0.647. The number of halogens is 2. The highest BCUT2D eigenvalue weighted by Gasteiger charge is 2.28. The van der Waals surface area contributed by atoms with Gasteiger partial charge in [-0.1, -0.05) is 11.6 Å². The molecule has 2 aliphatic rings. The molecule has 2 nitrogen and oxygen atoms in total. The molecule has 0 atom stereocenters. The number of anilines is 1. The minimum Gasteiger partial charge on any atom is -0.383 e. The molecular weight excluding hydrogens is 287 g/mol. The Morgan fingerprint density at radius 2 is 1.95 bits per heavy atom. The van der Waals surface area contributed by atoms with E-state index in [4.69, 9.17) is 11.6 Å². The molecule has 2 fully saturated rings. The molecule has 1 saturated heterocycles. The summed E-state index contributed by atoms with van der Waals surface area (Å²) in [5, 5.41) is 3.95. The molecule has 0 radical (unpaired) electrons. The van der Waals surface area contributed by atoms with E-state index in [1.165, 1.54) is 51.3 Å². The highest BCUT2D eigenvalue weighted by atomic mass is 35.5. The number of hydrogen-bond donors (Lipinski definition) is 1. The summed E-state index contributed by atoms with van der Waals surface area (Å²) in [5.74, 6) is 0.492. The SMILES string of the molecule is Cc1cc(Cl)c(NCC2CCC(N3CCC3)CC2)cc1F. The standard InChI is InChI=1S/C17H24ClFN2/c1-12-9-15(18)17(10-16(12)19)20-11-13-3-5-14(6-4-13)21-7-2-8-21/h9-10,13-14,20H,2-8,11H2,1H3. The van der Waals surface area contributed by atoms with E-state index >= 15 is 0 Å². The smallest absolute Gasteiger partial charge is 0.128 e. The van der Waals surface area contributed by atoms with Gasteiger partial charge in [0.15, 0.2) is 0 Å². The first-order valence-corrected chi connectivity index (χ1v) is 8.45. The molecule has 3 rings (SSSR count). The van der Waals surface area contributed by atoms with E-state index in [-0.39, 0.29) is 5.82 Å². The fourth-order valence-electron chi connectivity index (χ4n) is 3.46. The van der Waals surface area contributed by atoms with Gasteiger partial charge in [0, 0.05) is 12.6 Å². The van der Waals surface area contributed by atoms with E-state index in [0.29, 0.717) is 16.5 Å². The molecule has 1 N–H and O–H groups in total. The van der Waals surface area contributed by atoms with Crippen LogP contribution in [0.1, 0.15) is 37.7 Å². The summed E-state index contributed by atoms with van der Waals surface area (Å²) in [7, 11) is 0. The van der Waals surface area contributed by atoms with Gasteiger partial charge in [0.05, 0.1) is 10.7 Å². The van der Waals surface area contributed by atoms with Crippen molar-refractivity contribution in [2.24, 2.45) is 5.92 Å². The second kappa shape index (κ2) is 6.53. The van der Waals surface area contributed by atoms with Crippen LogP contribution in [-0.2, 0) is 0 Å². The molecule has 4 heteroatoms. The summed E-state index contributed by atoms with van der Waals surface area (Å²) in [6.07, 6.45) is 6.52. The van der Waals surface area contributed by atoms with Gasteiger partial charge in [-0.2, -0.15) is 0 Å². The van der Waals surface area contributed by atoms with Crippen molar-refractivity contribution < 1.29 is 4.39 Å². The summed E-state index contributed by atoms with van der Waals surface area (Å²) in [6, 6.07) is 4.03. The van der Waals surface area contributed by atoms with Gasteiger partial charge in [0.2, 0.25) is 0 Å². The zero-order chi connectivity index (χ0) is 14.8. The van der Waals surface area contributed by atoms with Gasteiger partial charge in [-0.25, -0.2) is 4.39 Å². The van der Waals surface area contributed by atoms with Gasteiger partial charge in [-0.05, 0) is 75.7 Å². The Morgan fingerprint density at radius 3 is 2.57 bits per heavy atom. The van der Waals surface area contributed by atoms with Gasteiger partial charge in [-0.3, -0.25) is 0 Å². The Hall–Kier alpha value is -0.800. The van der Waals surface area contributed by atoms with Crippen LogP contribution < -0.4 is 5.32 Å². The van der Waals surface area contributed by atoms with Gasteiger partial charge >= 0.3 is 0 Å². The normalized spacial score (nSPS) is 26.4. The average molecular weight is 311 g/mol. The predicted octanol–water partition coefficient (Wildman–Crippen LogP) is 4.46. The summed E-state index contributed by atoms with van der Waals surface area (Å²) < 4.78 is 13.6. The number of benzene rings is 1. The van der Waals surface area contributed by atoms with Crippen LogP contribution in [0.4, 0.5) is 10.1 Å². The molecule has 21 heavy (non-hydrogen) atoms. The highest BCUT2D eigenvalue weighted by Crippen LogP contribution is 2.31. The van der Waals surface area contributed by atoms with E-state index in [2.05, 4.69) is 10.2 Å². The Bertz CT molecular complexity index is 494. The first-order chi connectivity index (χ1) is 10.1. The maximum Gasteiger partial charge on any atom is 0.128 e. The topological polar surface area (TPSA) is 15.3 Å². The molecule has 0 bridgehead atoms.